The molecule has 0 N–H and O–H groups in total. The Morgan fingerprint density at radius 3 is 2.75 bits per heavy atom. The normalized spacial score (nSPS) is 40.6. The lowest BCUT2D eigenvalue weighted by Gasteiger charge is -2.35. The molecule has 0 saturated carbocycles. The van der Waals surface area contributed by atoms with Crippen LogP contribution in [-0.2, 0) is 9.47 Å². The molecule has 0 spiro atoms. The molecule has 0 radical (unpaired) electrons. The standard InChI is InChI=1S/C10H14O2/c1-10(6-2-3-8-12-10)9-5-4-7-11-9/h2-5,9H,6-8H2,1H3. The molecule has 0 aromatic carbocycles. The highest BCUT2D eigenvalue weighted by Crippen LogP contribution is 2.29. The average molecular weight is 166 g/mol. The molecular weight excluding hydrogens is 152 g/mol. The second-order valence-electron chi connectivity index (χ2n) is 3.48. The van der Waals surface area contributed by atoms with Crippen molar-refractivity contribution >= 4 is 0 Å². The number of hydrogen-bond donors (Lipinski definition) is 0. The highest BCUT2D eigenvalue weighted by Gasteiger charge is 2.35. The summed E-state index contributed by atoms with van der Waals surface area (Å²) >= 11 is 0. The van der Waals surface area contributed by atoms with Gasteiger partial charge in [0.2, 0.25) is 0 Å². The summed E-state index contributed by atoms with van der Waals surface area (Å²) in [5.74, 6) is 0. The first-order valence-corrected chi connectivity index (χ1v) is 4.38. The van der Waals surface area contributed by atoms with Crippen molar-refractivity contribution in [1.82, 2.24) is 0 Å². The Morgan fingerprint density at radius 2 is 2.17 bits per heavy atom. The fourth-order valence-electron chi connectivity index (χ4n) is 1.65. The van der Waals surface area contributed by atoms with E-state index in [1.54, 1.807) is 0 Å². The van der Waals surface area contributed by atoms with E-state index in [0.29, 0.717) is 6.61 Å². The minimum absolute atomic E-state index is 0.137. The van der Waals surface area contributed by atoms with Crippen molar-refractivity contribution in [2.45, 2.75) is 25.0 Å². The predicted octanol–water partition coefficient (Wildman–Crippen LogP) is 1.68. The number of hydrogen-bond acceptors (Lipinski definition) is 2. The maximum absolute atomic E-state index is 5.69. The maximum atomic E-state index is 5.69. The van der Waals surface area contributed by atoms with E-state index in [-0.39, 0.29) is 11.7 Å². The summed E-state index contributed by atoms with van der Waals surface area (Å²) in [7, 11) is 0. The van der Waals surface area contributed by atoms with Gasteiger partial charge in [-0.15, -0.1) is 0 Å². The van der Waals surface area contributed by atoms with E-state index in [1.165, 1.54) is 0 Å². The van der Waals surface area contributed by atoms with Gasteiger partial charge in [-0.3, -0.25) is 0 Å². The van der Waals surface area contributed by atoms with Crippen LogP contribution in [0.3, 0.4) is 0 Å². The van der Waals surface area contributed by atoms with Gasteiger partial charge >= 0.3 is 0 Å². The Morgan fingerprint density at radius 1 is 1.25 bits per heavy atom. The second-order valence-corrected chi connectivity index (χ2v) is 3.48. The van der Waals surface area contributed by atoms with Gasteiger partial charge in [-0.05, 0) is 13.3 Å². The van der Waals surface area contributed by atoms with Gasteiger partial charge in [0.25, 0.3) is 0 Å². The molecule has 0 aromatic heterocycles. The van der Waals surface area contributed by atoms with Gasteiger partial charge in [-0.25, -0.2) is 0 Å². The SMILES string of the molecule is CC1(C2C=CCO2)CC=CCO1. The second kappa shape index (κ2) is 3.04. The van der Waals surface area contributed by atoms with Crippen LogP contribution < -0.4 is 0 Å². The molecule has 0 fully saturated rings. The van der Waals surface area contributed by atoms with Gasteiger partial charge < -0.3 is 9.47 Å². The molecule has 0 amide bonds. The summed E-state index contributed by atoms with van der Waals surface area (Å²) in [6, 6.07) is 0. The first-order chi connectivity index (χ1) is 5.81. The van der Waals surface area contributed by atoms with Gasteiger partial charge in [0, 0.05) is 0 Å². The number of ether oxygens (including phenoxy) is 2. The quantitative estimate of drug-likeness (QED) is 0.552. The van der Waals surface area contributed by atoms with Crippen LogP contribution in [0.4, 0.5) is 0 Å². The fourth-order valence-corrected chi connectivity index (χ4v) is 1.65. The Balaban J connectivity index is 2.08. The predicted molar refractivity (Wildman–Crippen MR) is 47.0 cm³/mol. The van der Waals surface area contributed by atoms with Crippen LogP contribution in [0.1, 0.15) is 13.3 Å². The van der Waals surface area contributed by atoms with Crippen LogP contribution >= 0.6 is 0 Å². The molecule has 2 aliphatic heterocycles. The summed E-state index contributed by atoms with van der Waals surface area (Å²) in [5.41, 5.74) is -0.137. The number of rotatable bonds is 1. The van der Waals surface area contributed by atoms with Crippen LogP contribution in [0, 0.1) is 0 Å². The van der Waals surface area contributed by atoms with Crippen molar-refractivity contribution in [3.05, 3.63) is 24.3 Å². The van der Waals surface area contributed by atoms with Crippen LogP contribution in [-0.4, -0.2) is 24.9 Å². The Kier molecular flexibility index (Phi) is 2.03. The Hall–Kier alpha value is -0.600. The van der Waals surface area contributed by atoms with Crippen LogP contribution in [0.5, 0.6) is 0 Å². The molecule has 66 valence electrons. The molecule has 0 aromatic rings. The van der Waals surface area contributed by atoms with Crippen LogP contribution in [0.25, 0.3) is 0 Å². The molecular formula is C10H14O2. The van der Waals surface area contributed by atoms with Crippen molar-refractivity contribution in [2.24, 2.45) is 0 Å². The summed E-state index contributed by atoms with van der Waals surface area (Å²) in [5, 5.41) is 0. The van der Waals surface area contributed by atoms with Crippen LogP contribution in [0.2, 0.25) is 0 Å². The third-order valence-electron chi connectivity index (χ3n) is 2.48. The maximum Gasteiger partial charge on any atom is 0.105 e. The smallest absolute Gasteiger partial charge is 0.105 e. The highest BCUT2D eigenvalue weighted by molar-refractivity contribution is 5.09. The molecule has 0 saturated heterocycles. The molecule has 2 heterocycles. The monoisotopic (exact) mass is 166 g/mol. The largest absolute Gasteiger partial charge is 0.368 e. The zero-order valence-corrected chi connectivity index (χ0v) is 7.32. The molecule has 2 nitrogen and oxygen atoms in total. The van der Waals surface area contributed by atoms with Crippen molar-refractivity contribution in [3.63, 3.8) is 0 Å². The van der Waals surface area contributed by atoms with Crippen molar-refractivity contribution < 1.29 is 9.47 Å². The van der Waals surface area contributed by atoms with E-state index in [0.717, 1.165) is 13.0 Å². The van der Waals surface area contributed by atoms with E-state index in [2.05, 4.69) is 31.2 Å². The zero-order valence-electron chi connectivity index (χ0n) is 7.32. The molecule has 2 heteroatoms. The van der Waals surface area contributed by atoms with E-state index >= 15 is 0 Å². The van der Waals surface area contributed by atoms with Gasteiger partial charge in [0.05, 0.1) is 18.8 Å². The molecule has 2 aliphatic rings. The van der Waals surface area contributed by atoms with Gasteiger partial charge in [-0.2, -0.15) is 0 Å². The molecule has 0 bridgehead atoms. The minimum Gasteiger partial charge on any atom is -0.368 e. The van der Waals surface area contributed by atoms with Crippen molar-refractivity contribution in [1.29, 1.82) is 0 Å². The van der Waals surface area contributed by atoms with Crippen LogP contribution in [0.15, 0.2) is 24.3 Å². The zero-order chi connectivity index (χ0) is 8.44. The summed E-state index contributed by atoms with van der Waals surface area (Å²) in [6.07, 6.45) is 9.46. The minimum atomic E-state index is -0.137. The molecule has 2 atom stereocenters. The molecule has 2 unspecified atom stereocenters. The first-order valence-electron chi connectivity index (χ1n) is 4.38. The molecule has 0 aliphatic carbocycles. The molecule has 2 rings (SSSR count). The Labute approximate surface area is 72.9 Å². The lowest BCUT2D eigenvalue weighted by atomic mass is 9.93. The Bertz CT molecular complexity index is 220. The third kappa shape index (κ3) is 1.32. The fraction of sp³-hybridized carbons (Fsp3) is 0.600. The lowest BCUT2D eigenvalue weighted by Crippen LogP contribution is -2.42. The third-order valence-corrected chi connectivity index (χ3v) is 2.48. The summed E-state index contributed by atoms with van der Waals surface area (Å²) in [6.45, 7) is 3.55. The van der Waals surface area contributed by atoms with E-state index in [1.807, 2.05) is 0 Å². The summed E-state index contributed by atoms with van der Waals surface area (Å²) < 4.78 is 11.2. The van der Waals surface area contributed by atoms with Gasteiger partial charge in [0.1, 0.15) is 6.10 Å². The topological polar surface area (TPSA) is 18.5 Å². The highest BCUT2D eigenvalue weighted by atomic mass is 16.6. The lowest BCUT2D eigenvalue weighted by molar-refractivity contribution is -0.102. The van der Waals surface area contributed by atoms with E-state index < -0.39 is 0 Å². The van der Waals surface area contributed by atoms with E-state index in [4.69, 9.17) is 9.47 Å². The summed E-state index contributed by atoms with van der Waals surface area (Å²) in [4.78, 5) is 0. The molecule has 12 heavy (non-hydrogen) atoms. The van der Waals surface area contributed by atoms with Crippen molar-refractivity contribution in [3.8, 4) is 0 Å². The van der Waals surface area contributed by atoms with Crippen molar-refractivity contribution in [2.75, 3.05) is 13.2 Å². The average Bonchev–Trinajstić information content (AvgIpc) is 2.58. The van der Waals surface area contributed by atoms with Gasteiger partial charge in [-0.1, -0.05) is 24.3 Å². The van der Waals surface area contributed by atoms with E-state index in [9.17, 15) is 0 Å². The first kappa shape index (κ1) is 8.02. The van der Waals surface area contributed by atoms with Gasteiger partial charge in [0.15, 0.2) is 0 Å².